The van der Waals surface area contributed by atoms with E-state index in [4.69, 9.17) is 4.74 Å². The van der Waals surface area contributed by atoms with Crippen molar-refractivity contribution in [2.45, 2.75) is 24.7 Å². The van der Waals surface area contributed by atoms with E-state index in [1.54, 1.807) is 7.11 Å². The summed E-state index contributed by atoms with van der Waals surface area (Å²) in [5.41, 5.74) is 1.65. The molecule has 3 rings (SSSR count). The molecule has 1 aliphatic carbocycles. The third-order valence-electron chi connectivity index (χ3n) is 4.03. The number of benzene rings is 1. The molecule has 0 atom stereocenters. The topological polar surface area (TPSA) is 45.6 Å². The maximum Gasteiger partial charge on any atom is 0.191 e. The highest BCUT2D eigenvalue weighted by Gasteiger charge is 2.44. The van der Waals surface area contributed by atoms with Crippen LogP contribution in [0.1, 0.15) is 24.8 Å². The number of rotatable bonds is 4. The van der Waals surface area contributed by atoms with E-state index in [-0.39, 0.29) is 29.4 Å². The molecule has 0 radical (unpaired) electrons. The lowest BCUT2D eigenvalue weighted by molar-refractivity contribution is 0.413. The molecular weight excluding hydrogens is 365 g/mol. The van der Waals surface area contributed by atoms with Crippen molar-refractivity contribution in [2.24, 2.45) is 4.99 Å². The summed E-state index contributed by atoms with van der Waals surface area (Å²) in [6.07, 6.45) is 3.60. The molecule has 0 saturated heterocycles. The summed E-state index contributed by atoms with van der Waals surface area (Å²) in [5.74, 6) is 1.90. The van der Waals surface area contributed by atoms with Gasteiger partial charge in [0.05, 0.1) is 7.11 Å². The predicted octanol–water partition coefficient (Wildman–Crippen LogP) is 2.28. The van der Waals surface area contributed by atoms with Gasteiger partial charge in [0, 0.05) is 25.0 Å². The second-order valence-corrected chi connectivity index (χ2v) is 5.38. The van der Waals surface area contributed by atoms with E-state index in [0.29, 0.717) is 0 Å². The van der Waals surface area contributed by atoms with E-state index in [1.165, 1.54) is 18.4 Å². The van der Waals surface area contributed by atoms with Crippen LogP contribution in [0.15, 0.2) is 29.3 Å². The standard InChI is InChI=1S/C15H21N3O.HI/c1-19-13-5-2-4-12(10-13)15(6-7-15)11-18-14-16-8-3-9-17-14;/h2,4-5,10H,3,6-9,11H2,1H3,(H2,16,17,18);1H. The summed E-state index contributed by atoms with van der Waals surface area (Å²) in [6.45, 7) is 2.91. The number of nitrogens with zero attached hydrogens (tertiary/aromatic N) is 1. The minimum atomic E-state index is 0. The lowest BCUT2D eigenvalue weighted by Crippen LogP contribution is -2.43. The van der Waals surface area contributed by atoms with Crippen molar-refractivity contribution in [3.8, 4) is 5.75 Å². The van der Waals surface area contributed by atoms with Gasteiger partial charge in [-0.1, -0.05) is 12.1 Å². The predicted molar refractivity (Wildman–Crippen MR) is 92.2 cm³/mol. The van der Waals surface area contributed by atoms with Crippen LogP contribution < -0.4 is 15.4 Å². The van der Waals surface area contributed by atoms with Crippen molar-refractivity contribution in [2.75, 3.05) is 26.7 Å². The lowest BCUT2D eigenvalue weighted by Gasteiger charge is -2.21. The molecule has 110 valence electrons. The Bertz CT molecular complexity index is 486. The molecule has 0 bridgehead atoms. The van der Waals surface area contributed by atoms with Gasteiger partial charge in [0.1, 0.15) is 5.75 Å². The highest BCUT2D eigenvalue weighted by atomic mass is 127. The van der Waals surface area contributed by atoms with Crippen LogP contribution in [0.3, 0.4) is 0 Å². The van der Waals surface area contributed by atoms with Crippen LogP contribution in [0.2, 0.25) is 0 Å². The Morgan fingerprint density at radius 1 is 1.40 bits per heavy atom. The molecule has 1 saturated carbocycles. The van der Waals surface area contributed by atoms with Gasteiger partial charge in [0.25, 0.3) is 0 Å². The van der Waals surface area contributed by atoms with Crippen LogP contribution in [-0.2, 0) is 5.41 Å². The molecule has 2 N–H and O–H groups in total. The number of aliphatic imine (C=N–C) groups is 1. The van der Waals surface area contributed by atoms with Gasteiger partial charge in [0.2, 0.25) is 0 Å². The van der Waals surface area contributed by atoms with Gasteiger partial charge in [-0.15, -0.1) is 24.0 Å². The Morgan fingerprint density at radius 3 is 2.90 bits per heavy atom. The molecular formula is C15H22IN3O. The highest BCUT2D eigenvalue weighted by Crippen LogP contribution is 2.48. The van der Waals surface area contributed by atoms with Gasteiger partial charge < -0.3 is 15.4 Å². The van der Waals surface area contributed by atoms with E-state index < -0.39 is 0 Å². The van der Waals surface area contributed by atoms with E-state index in [0.717, 1.165) is 37.8 Å². The molecule has 1 aromatic carbocycles. The van der Waals surface area contributed by atoms with E-state index in [9.17, 15) is 0 Å². The summed E-state index contributed by atoms with van der Waals surface area (Å²) in [7, 11) is 1.72. The molecule has 1 fully saturated rings. The van der Waals surface area contributed by atoms with Crippen molar-refractivity contribution in [1.29, 1.82) is 0 Å². The quantitative estimate of drug-likeness (QED) is 0.780. The normalized spacial score (nSPS) is 19.1. The molecule has 0 spiro atoms. The van der Waals surface area contributed by atoms with Gasteiger partial charge >= 0.3 is 0 Å². The summed E-state index contributed by atoms with van der Waals surface area (Å²) < 4.78 is 5.32. The maximum absolute atomic E-state index is 5.32. The second-order valence-electron chi connectivity index (χ2n) is 5.38. The Kier molecular flexibility index (Phi) is 5.12. The molecule has 5 heteroatoms. The molecule has 1 aromatic rings. The Hall–Kier alpha value is -0.980. The first kappa shape index (κ1) is 15.4. The zero-order valence-corrected chi connectivity index (χ0v) is 14.1. The number of ether oxygens (including phenoxy) is 1. The van der Waals surface area contributed by atoms with Crippen LogP contribution in [0.5, 0.6) is 5.75 Å². The smallest absolute Gasteiger partial charge is 0.191 e. The van der Waals surface area contributed by atoms with Crippen molar-refractivity contribution >= 4 is 29.9 Å². The average molecular weight is 387 g/mol. The molecule has 0 unspecified atom stereocenters. The number of hydrogen-bond acceptors (Lipinski definition) is 4. The molecule has 1 aliphatic heterocycles. The summed E-state index contributed by atoms with van der Waals surface area (Å²) in [6, 6.07) is 8.43. The minimum Gasteiger partial charge on any atom is -0.497 e. The van der Waals surface area contributed by atoms with E-state index in [1.807, 2.05) is 6.07 Å². The Morgan fingerprint density at radius 2 is 2.25 bits per heavy atom. The van der Waals surface area contributed by atoms with E-state index in [2.05, 4.69) is 33.8 Å². The number of guanidine groups is 1. The molecule has 0 aromatic heterocycles. The fourth-order valence-corrected chi connectivity index (χ4v) is 2.58. The number of nitrogens with one attached hydrogen (secondary N) is 2. The molecule has 0 amide bonds. The van der Waals surface area contributed by atoms with Crippen molar-refractivity contribution < 1.29 is 4.74 Å². The fraction of sp³-hybridized carbons (Fsp3) is 0.533. The first-order chi connectivity index (χ1) is 9.32. The van der Waals surface area contributed by atoms with E-state index >= 15 is 0 Å². The summed E-state index contributed by atoms with van der Waals surface area (Å²) >= 11 is 0. The van der Waals surface area contributed by atoms with Gasteiger partial charge in [0.15, 0.2) is 5.96 Å². The molecule has 20 heavy (non-hydrogen) atoms. The van der Waals surface area contributed by atoms with Crippen LogP contribution in [0.25, 0.3) is 0 Å². The van der Waals surface area contributed by atoms with Crippen LogP contribution in [0.4, 0.5) is 0 Å². The molecule has 2 aliphatic rings. The van der Waals surface area contributed by atoms with Crippen LogP contribution in [-0.4, -0.2) is 32.7 Å². The lowest BCUT2D eigenvalue weighted by atomic mass is 9.96. The molecule has 4 nitrogen and oxygen atoms in total. The first-order valence-electron chi connectivity index (χ1n) is 6.99. The van der Waals surface area contributed by atoms with Crippen molar-refractivity contribution in [3.63, 3.8) is 0 Å². The van der Waals surface area contributed by atoms with Crippen LogP contribution in [0, 0.1) is 0 Å². The largest absolute Gasteiger partial charge is 0.497 e. The summed E-state index contributed by atoms with van der Waals surface area (Å²) in [5, 5.41) is 6.77. The molecule has 1 heterocycles. The zero-order chi connectivity index (χ0) is 13.1. The van der Waals surface area contributed by atoms with Crippen molar-refractivity contribution in [1.82, 2.24) is 10.6 Å². The fourth-order valence-electron chi connectivity index (χ4n) is 2.58. The monoisotopic (exact) mass is 387 g/mol. The third kappa shape index (κ3) is 3.37. The van der Waals surface area contributed by atoms with Gasteiger partial charge in [-0.25, -0.2) is 0 Å². The number of hydrogen-bond donors (Lipinski definition) is 2. The minimum absolute atomic E-state index is 0. The van der Waals surface area contributed by atoms with Crippen LogP contribution >= 0.6 is 24.0 Å². The third-order valence-corrected chi connectivity index (χ3v) is 4.03. The number of methoxy groups -OCH3 is 1. The van der Waals surface area contributed by atoms with Gasteiger partial charge in [-0.05, 0) is 37.0 Å². The summed E-state index contributed by atoms with van der Waals surface area (Å²) in [4.78, 5) is 4.46. The SMILES string of the molecule is COc1cccc(C2(CNC3=NCCCN3)CC2)c1.I. The number of halogens is 1. The zero-order valence-electron chi connectivity index (χ0n) is 11.8. The Balaban J connectivity index is 0.00000147. The second kappa shape index (κ2) is 6.65. The van der Waals surface area contributed by atoms with Gasteiger partial charge in [-0.2, -0.15) is 0 Å². The maximum atomic E-state index is 5.32. The highest BCUT2D eigenvalue weighted by molar-refractivity contribution is 14.0. The Labute approximate surface area is 137 Å². The van der Waals surface area contributed by atoms with Crippen molar-refractivity contribution in [3.05, 3.63) is 29.8 Å². The van der Waals surface area contributed by atoms with Gasteiger partial charge in [-0.3, -0.25) is 4.99 Å². The average Bonchev–Trinajstić information content (AvgIpc) is 3.28. The first-order valence-corrected chi connectivity index (χ1v) is 6.99.